The third-order valence-electron chi connectivity index (χ3n) is 3.04. The topological polar surface area (TPSA) is 66.5 Å². The van der Waals surface area contributed by atoms with Crippen LogP contribution in [0, 0.1) is 0 Å². The second kappa shape index (κ2) is 5.68. The van der Waals surface area contributed by atoms with E-state index in [-0.39, 0.29) is 11.9 Å². The van der Waals surface area contributed by atoms with Crippen LogP contribution in [-0.2, 0) is 4.79 Å². The number of methoxy groups -OCH3 is 1. The Morgan fingerprint density at radius 1 is 1.61 bits per heavy atom. The molecule has 6 heteroatoms. The van der Waals surface area contributed by atoms with Gasteiger partial charge in [-0.25, -0.2) is 4.98 Å². The summed E-state index contributed by atoms with van der Waals surface area (Å²) in [6.07, 6.45) is 1.66. The maximum absolute atomic E-state index is 11.8. The largest absolute Gasteiger partial charge is 0.495 e. The zero-order chi connectivity index (χ0) is 13.0. The monoisotopic (exact) mass is 250 g/mol. The SMILES string of the molecule is CNC(=O)C1CNCCN1c1ccc(OC)cn1. The summed E-state index contributed by atoms with van der Waals surface area (Å²) in [5, 5.41) is 5.90. The van der Waals surface area contributed by atoms with E-state index >= 15 is 0 Å². The maximum Gasteiger partial charge on any atom is 0.243 e. The van der Waals surface area contributed by atoms with E-state index in [1.54, 1.807) is 20.4 Å². The van der Waals surface area contributed by atoms with Crippen LogP contribution in [0.15, 0.2) is 18.3 Å². The van der Waals surface area contributed by atoms with Gasteiger partial charge in [0.2, 0.25) is 5.91 Å². The zero-order valence-electron chi connectivity index (χ0n) is 10.6. The molecule has 6 nitrogen and oxygen atoms in total. The highest BCUT2D eigenvalue weighted by Gasteiger charge is 2.28. The normalized spacial score (nSPS) is 19.4. The molecule has 0 radical (unpaired) electrons. The Kier molecular flexibility index (Phi) is 3.99. The van der Waals surface area contributed by atoms with Crippen LogP contribution in [0.2, 0.25) is 0 Å². The van der Waals surface area contributed by atoms with Crippen LogP contribution in [0.4, 0.5) is 5.82 Å². The highest BCUT2D eigenvalue weighted by molar-refractivity contribution is 5.85. The summed E-state index contributed by atoms with van der Waals surface area (Å²) in [6, 6.07) is 3.51. The second-order valence-electron chi connectivity index (χ2n) is 4.08. The third-order valence-corrected chi connectivity index (χ3v) is 3.04. The van der Waals surface area contributed by atoms with Crippen molar-refractivity contribution in [1.82, 2.24) is 15.6 Å². The van der Waals surface area contributed by atoms with Gasteiger partial charge in [-0.2, -0.15) is 0 Å². The Balaban J connectivity index is 2.19. The van der Waals surface area contributed by atoms with E-state index < -0.39 is 0 Å². The summed E-state index contributed by atoms with van der Waals surface area (Å²) in [7, 11) is 3.26. The summed E-state index contributed by atoms with van der Waals surface area (Å²) < 4.78 is 5.08. The fourth-order valence-corrected chi connectivity index (χ4v) is 2.04. The quantitative estimate of drug-likeness (QED) is 0.765. The molecule has 1 amide bonds. The molecule has 2 rings (SSSR count). The number of anilines is 1. The van der Waals surface area contributed by atoms with Gasteiger partial charge in [0.1, 0.15) is 17.6 Å². The third kappa shape index (κ3) is 2.53. The molecule has 1 saturated heterocycles. The Hall–Kier alpha value is -1.82. The van der Waals surface area contributed by atoms with E-state index in [0.29, 0.717) is 12.3 Å². The van der Waals surface area contributed by atoms with E-state index in [9.17, 15) is 4.79 Å². The number of aromatic nitrogens is 1. The fourth-order valence-electron chi connectivity index (χ4n) is 2.04. The molecule has 0 saturated carbocycles. The summed E-state index contributed by atoms with van der Waals surface area (Å²) >= 11 is 0. The van der Waals surface area contributed by atoms with Crippen molar-refractivity contribution >= 4 is 11.7 Å². The lowest BCUT2D eigenvalue weighted by atomic mass is 10.1. The minimum atomic E-state index is -0.218. The Morgan fingerprint density at radius 2 is 2.44 bits per heavy atom. The van der Waals surface area contributed by atoms with E-state index in [2.05, 4.69) is 15.6 Å². The first-order valence-electron chi connectivity index (χ1n) is 5.95. The number of hydrogen-bond donors (Lipinski definition) is 2. The number of amides is 1. The molecule has 0 aliphatic carbocycles. The van der Waals surface area contributed by atoms with Crippen molar-refractivity contribution in [2.24, 2.45) is 0 Å². The van der Waals surface area contributed by atoms with Crippen molar-refractivity contribution in [1.29, 1.82) is 0 Å². The highest BCUT2D eigenvalue weighted by Crippen LogP contribution is 2.18. The lowest BCUT2D eigenvalue weighted by molar-refractivity contribution is -0.122. The average molecular weight is 250 g/mol. The van der Waals surface area contributed by atoms with Gasteiger partial charge in [0.15, 0.2) is 0 Å². The van der Waals surface area contributed by atoms with Crippen molar-refractivity contribution in [3.05, 3.63) is 18.3 Å². The van der Waals surface area contributed by atoms with Gasteiger partial charge in [-0.05, 0) is 12.1 Å². The second-order valence-corrected chi connectivity index (χ2v) is 4.08. The van der Waals surface area contributed by atoms with E-state index in [0.717, 1.165) is 18.9 Å². The van der Waals surface area contributed by atoms with Crippen molar-refractivity contribution in [3.8, 4) is 5.75 Å². The van der Waals surface area contributed by atoms with Gasteiger partial charge in [0, 0.05) is 26.7 Å². The summed E-state index contributed by atoms with van der Waals surface area (Å²) in [5.41, 5.74) is 0. The number of carbonyl (C=O) groups excluding carboxylic acids is 1. The number of nitrogens with zero attached hydrogens (tertiary/aromatic N) is 2. The summed E-state index contributed by atoms with van der Waals surface area (Å²) in [4.78, 5) is 18.2. The van der Waals surface area contributed by atoms with Gasteiger partial charge < -0.3 is 20.3 Å². The predicted octanol–water partition coefficient (Wildman–Crippen LogP) is -0.386. The molecule has 1 aromatic rings. The number of piperazine rings is 1. The predicted molar refractivity (Wildman–Crippen MR) is 68.9 cm³/mol. The molecule has 2 N–H and O–H groups in total. The average Bonchev–Trinajstić information content (AvgIpc) is 2.46. The first-order valence-corrected chi connectivity index (χ1v) is 5.95. The van der Waals surface area contributed by atoms with Crippen molar-refractivity contribution in [2.45, 2.75) is 6.04 Å². The standard InChI is InChI=1S/C12H18N4O2/c1-13-12(17)10-8-14-5-6-16(10)11-4-3-9(18-2)7-15-11/h3-4,7,10,14H,5-6,8H2,1-2H3,(H,13,17). The number of hydrogen-bond acceptors (Lipinski definition) is 5. The van der Waals surface area contributed by atoms with E-state index in [1.807, 2.05) is 17.0 Å². The molecule has 18 heavy (non-hydrogen) atoms. The summed E-state index contributed by atoms with van der Waals surface area (Å²) in [6.45, 7) is 2.24. The molecule has 1 atom stereocenters. The first kappa shape index (κ1) is 12.6. The molecule has 1 unspecified atom stereocenters. The van der Waals surface area contributed by atoms with E-state index in [1.165, 1.54) is 0 Å². The molecule has 1 aromatic heterocycles. The lowest BCUT2D eigenvalue weighted by Gasteiger charge is -2.35. The highest BCUT2D eigenvalue weighted by atomic mass is 16.5. The Labute approximate surface area is 106 Å². The Bertz CT molecular complexity index is 407. The Morgan fingerprint density at radius 3 is 3.06 bits per heavy atom. The molecule has 2 heterocycles. The van der Waals surface area contributed by atoms with Crippen LogP contribution in [0.25, 0.3) is 0 Å². The van der Waals surface area contributed by atoms with Crippen LogP contribution in [0.5, 0.6) is 5.75 Å². The van der Waals surface area contributed by atoms with Crippen molar-refractivity contribution < 1.29 is 9.53 Å². The smallest absolute Gasteiger partial charge is 0.243 e. The van der Waals surface area contributed by atoms with Crippen LogP contribution in [-0.4, -0.2) is 50.7 Å². The van der Waals surface area contributed by atoms with Crippen LogP contribution in [0.3, 0.4) is 0 Å². The summed E-state index contributed by atoms with van der Waals surface area (Å²) in [5.74, 6) is 1.51. The first-order chi connectivity index (χ1) is 8.76. The van der Waals surface area contributed by atoms with Gasteiger partial charge in [-0.1, -0.05) is 0 Å². The number of carbonyl (C=O) groups is 1. The van der Waals surface area contributed by atoms with Crippen molar-refractivity contribution in [2.75, 3.05) is 38.7 Å². The molecule has 1 aliphatic heterocycles. The molecule has 0 aromatic carbocycles. The van der Waals surface area contributed by atoms with Gasteiger partial charge >= 0.3 is 0 Å². The van der Waals surface area contributed by atoms with Crippen LogP contribution >= 0.6 is 0 Å². The number of nitrogens with one attached hydrogen (secondary N) is 2. The molecule has 98 valence electrons. The molecule has 0 spiro atoms. The lowest BCUT2D eigenvalue weighted by Crippen LogP contribution is -2.57. The van der Waals surface area contributed by atoms with Gasteiger partial charge in [0.05, 0.1) is 13.3 Å². The number of ether oxygens (including phenoxy) is 1. The number of likely N-dealkylation sites (N-methyl/N-ethyl adjacent to an activating group) is 1. The molecule has 1 aliphatic rings. The van der Waals surface area contributed by atoms with E-state index in [4.69, 9.17) is 4.74 Å². The van der Waals surface area contributed by atoms with Crippen LogP contribution < -0.4 is 20.3 Å². The van der Waals surface area contributed by atoms with Crippen LogP contribution in [0.1, 0.15) is 0 Å². The minimum absolute atomic E-state index is 0.000168. The van der Waals surface area contributed by atoms with Crippen molar-refractivity contribution in [3.63, 3.8) is 0 Å². The molecule has 1 fully saturated rings. The zero-order valence-corrected chi connectivity index (χ0v) is 10.6. The molecular weight excluding hydrogens is 232 g/mol. The van der Waals surface area contributed by atoms with Gasteiger partial charge in [-0.15, -0.1) is 0 Å². The van der Waals surface area contributed by atoms with Gasteiger partial charge in [0.25, 0.3) is 0 Å². The maximum atomic E-state index is 11.8. The molecule has 0 bridgehead atoms. The van der Waals surface area contributed by atoms with Gasteiger partial charge in [-0.3, -0.25) is 4.79 Å². The minimum Gasteiger partial charge on any atom is -0.495 e. The fraction of sp³-hybridized carbons (Fsp3) is 0.500. The number of pyridine rings is 1. The molecular formula is C12H18N4O2. The number of rotatable bonds is 3.